The van der Waals surface area contributed by atoms with E-state index in [0.29, 0.717) is 6.04 Å². The van der Waals surface area contributed by atoms with Crippen molar-refractivity contribution >= 4 is 11.8 Å². The molecule has 0 amide bonds. The Labute approximate surface area is 124 Å². The lowest BCUT2D eigenvalue weighted by Crippen LogP contribution is -2.45. The van der Waals surface area contributed by atoms with E-state index in [2.05, 4.69) is 35.7 Å². The minimum absolute atomic E-state index is 0.184. The van der Waals surface area contributed by atoms with Gasteiger partial charge in [0, 0.05) is 11.6 Å². The number of rotatable bonds is 2. The highest BCUT2D eigenvalue weighted by Crippen LogP contribution is 2.33. The summed E-state index contributed by atoms with van der Waals surface area (Å²) in [6, 6.07) is 16.7. The van der Waals surface area contributed by atoms with Crippen LogP contribution in [0.15, 0.2) is 54.6 Å². The third-order valence-corrected chi connectivity index (χ3v) is 4.41. The zero-order chi connectivity index (χ0) is 14.2. The summed E-state index contributed by atoms with van der Waals surface area (Å²) >= 11 is 0. The van der Waals surface area contributed by atoms with Gasteiger partial charge in [-0.1, -0.05) is 48.5 Å². The minimum Gasteiger partial charge on any atom is -0.287 e. The van der Waals surface area contributed by atoms with Crippen molar-refractivity contribution in [2.45, 2.75) is 25.0 Å². The van der Waals surface area contributed by atoms with Crippen molar-refractivity contribution in [3.05, 3.63) is 71.3 Å². The maximum Gasteiger partial charge on any atom is 0.125 e. The SMILES string of the molecule is ON1c2ccccc2C=CC1N[C@@H]1CCc2ccccc21. The Hall–Kier alpha value is -2.10. The molecule has 1 heterocycles. The zero-order valence-corrected chi connectivity index (χ0v) is 11.7. The molecule has 2 N–H and O–H groups in total. The Morgan fingerprint density at radius 3 is 2.81 bits per heavy atom. The van der Waals surface area contributed by atoms with Gasteiger partial charge >= 0.3 is 0 Å². The predicted octanol–water partition coefficient (Wildman–Crippen LogP) is 3.51. The molecule has 2 aromatic carbocycles. The molecular weight excluding hydrogens is 260 g/mol. The first-order valence-corrected chi connectivity index (χ1v) is 7.42. The van der Waals surface area contributed by atoms with Gasteiger partial charge in [0.25, 0.3) is 0 Å². The summed E-state index contributed by atoms with van der Waals surface area (Å²) in [4.78, 5) is 0. The number of nitrogens with one attached hydrogen (secondary N) is 1. The molecule has 0 saturated carbocycles. The van der Waals surface area contributed by atoms with Gasteiger partial charge in [-0.2, -0.15) is 0 Å². The van der Waals surface area contributed by atoms with E-state index in [1.54, 1.807) is 0 Å². The van der Waals surface area contributed by atoms with Crippen LogP contribution in [-0.4, -0.2) is 11.4 Å². The predicted molar refractivity (Wildman–Crippen MR) is 84.2 cm³/mol. The second-order valence-corrected chi connectivity index (χ2v) is 5.66. The van der Waals surface area contributed by atoms with E-state index >= 15 is 0 Å². The van der Waals surface area contributed by atoms with Gasteiger partial charge in [0.15, 0.2) is 0 Å². The number of aryl methyl sites for hydroxylation is 1. The second kappa shape index (κ2) is 5.02. The maximum atomic E-state index is 10.4. The van der Waals surface area contributed by atoms with Crippen LogP contribution in [0.3, 0.4) is 0 Å². The molecule has 0 spiro atoms. The van der Waals surface area contributed by atoms with Gasteiger partial charge in [-0.05, 0) is 36.1 Å². The molecule has 0 saturated heterocycles. The topological polar surface area (TPSA) is 35.5 Å². The zero-order valence-electron chi connectivity index (χ0n) is 11.7. The van der Waals surface area contributed by atoms with Crippen LogP contribution in [0.1, 0.15) is 29.2 Å². The third-order valence-electron chi connectivity index (χ3n) is 4.41. The molecule has 0 radical (unpaired) electrons. The average molecular weight is 278 g/mol. The molecule has 2 aliphatic rings. The Morgan fingerprint density at radius 1 is 1.05 bits per heavy atom. The first kappa shape index (κ1) is 12.6. The Morgan fingerprint density at radius 2 is 1.86 bits per heavy atom. The van der Waals surface area contributed by atoms with Gasteiger partial charge in [0.05, 0.1) is 5.69 Å². The molecule has 0 fully saturated rings. The summed E-state index contributed by atoms with van der Waals surface area (Å²) in [5, 5.41) is 15.3. The Balaban J connectivity index is 1.57. The molecular formula is C18H18N2O. The molecule has 1 aliphatic carbocycles. The molecule has 4 rings (SSSR count). The summed E-state index contributed by atoms with van der Waals surface area (Å²) in [7, 11) is 0. The number of para-hydroxylation sites is 1. The number of anilines is 1. The van der Waals surface area contributed by atoms with Gasteiger partial charge in [-0.15, -0.1) is 0 Å². The summed E-state index contributed by atoms with van der Waals surface area (Å²) in [5.41, 5.74) is 4.67. The van der Waals surface area contributed by atoms with Gasteiger partial charge < -0.3 is 0 Å². The van der Waals surface area contributed by atoms with Gasteiger partial charge in [0.2, 0.25) is 0 Å². The molecule has 1 unspecified atom stereocenters. The fourth-order valence-corrected chi connectivity index (χ4v) is 3.33. The lowest BCUT2D eigenvalue weighted by molar-refractivity contribution is 0.207. The molecule has 0 aromatic heterocycles. The summed E-state index contributed by atoms with van der Waals surface area (Å²) in [6.07, 6.45) is 6.09. The van der Waals surface area contributed by atoms with E-state index in [0.717, 1.165) is 24.1 Å². The summed E-state index contributed by atoms with van der Waals surface area (Å²) in [5.74, 6) is 0. The first-order valence-electron chi connectivity index (χ1n) is 7.42. The number of fused-ring (bicyclic) bond motifs is 2. The van der Waals surface area contributed by atoms with Crippen LogP contribution in [0.2, 0.25) is 0 Å². The van der Waals surface area contributed by atoms with Crippen molar-refractivity contribution in [1.82, 2.24) is 5.32 Å². The van der Waals surface area contributed by atoms with Gasteiger partial charge in [-0.3, -0.25) is 10.5 Å². The highest BCUT2D eigenvalue weighted by Gasteiger charge is 2.27. The molecule has 3 nitrogen and oxygen atoms in total. The molecule has 106 valence electrons. The molecule has 1 aliphatic heterocycles. The van der Waals surface area contributed by atoms with Crippen LogP contribution in [0.5, 0.6) is 0 Å². The van der Waals surface area contributed by atoms with Crippen LogP contribution in [0.25, 0.3) is 6.08 Å². The van der Waals surface area contributed by atoms with Crippen LogP contribution >= 0.6 is 0 Å². The summed E-state index contributed by atoms with van der Waals surface area (Å²) in [6.45, 7) is 0. The Kier molecular flexibility index (Phi) is 3.02. The largest absolute Gasteiger partial charge is 0.287 e. The molecule has 21 heavy (non-hydrogen) atoms. The van der Waals surface area contributed by atoms with E-state index < -0.39 is 0 Å². The highest BCUT2D eigenvalue weighted by atomic mass is 16.5. The normalized spacial score (nSPS) is 23.0. The third kappa shape index (κ3) is 2.15. The molecule has 2 aromatic rings. The Bertz CT molecular complexity index is 695. The van der Waals surface area contributed by atoms with E-state index in [4.69, 9.17) is 0 Å². The smallest absolute Gasteiger partial charge is 0.125 e. The second-order valence-electron chi connectivity index (χ2n) is 5.66. The molecule has 0 bridgehead atoms. The van der Waals surface area contributed by atoms with Crippen LogP contribution < -0.4 is 10.4 Å². The van der Waals surface area contributed by atoms with Gasteiger partial charge in [-0.25, -0.2) is 5.06 Å². The van der Waals surface area contributed by atoms with Crippen LogP contribution in [0.4, 0.5) is 5.69 Å². The van der Waals surface area contributed by atoms with Crippen LogP contribution in [0, 0.1) is 0 Å². The van der Waals surface area contributed by atoms with Crippen molar-refractivity contribution in [2.75, 3.05) is 5.06 Å². The number of hydrogen-bond donors (Lipinski definition) is 2. The van der Waals surface area contributed by atoms with Crippen molar-refractivity contribution in [2.24, 2.45) is 0 Å². The summed E-state index contributed by atoms with van der Waals surface area (Å²) < 4.78 is 0. The molecule has 2 atom stereocenters. The monoisotopic (exact) mass is 278 g/mol. The fourth-order valence-electron chi connectivity index (χ4n) is 3.33. The van der Waals surface area contributed by atoms with Crippen LogP contribution in [-0.2, 0) is 6.42 Å². The number of hydrogen-bond acceptors (Lipinski definition) is 3. The number of benzene rings is 2. The lowest BCUT2D eigenvalue weighted by atomic mass is 10.1. The maximum absolute atomic E-state index is 10.4. The number of hydroxylamine groups is 1. The lowest BCUT2D eigenvalue weighted by Gasteiger charge is -2.32. The first-order chi connectivity index (χ1) is 10.3. The molecule has 3 heteroatoms. The van der Waals surface area contributed by atoms with Crippen molar-refractivity contribution in [3.8, 4) is 0 Å². The fraction of sp³-hybridized carbons (Fsp3) is 0.222. The van der Waals surface area contributed by atoms with E-state index in [1.165, 1.54) is 16.2 Å². The minimum atomic E-state index is -0.184. The van der Waals surface area contributed by atoms with E-state index in [-0.39, 0.29) is 6.17 Å². The van der Waals surface area contributed by atoms with E-state index in [1.807, 2.05) is 30.3 Å². The average Bonchev–Trinajstić information content (AvgIpc) is 2.94. The van der Waals surface area contributed by atoms with Gasteiger partial charge in [0.1, 0.15) is 6.17 Å². The van der Waals surface area contributed by atoms with Crippen molar-refractivity contribution < 1.29 is 5.21 Å². The van der Waals surface area contributed by atoms with E-state index in [9.17, 15) is 5.21 Å². The van der Waals surface area contributed by atoms with Crippen molar-refractivity contribution in [1.29, 1.82) is 0 Å². The number of nitrogens with zero attached hydrogens (tertiary/aromatic N) is 1. The highest BCUT2D eigenvalue weighted by molar-refractivity contribution is 5.70. The standard InChI is InChI=1S/C18H18N2O/c21-20-17-8-4-2-6-14(17)10-12-18(20)19-16-11-9-13-5-1-3-7-15(13)16/h1-8,10,12,16,18-19,21H,9,11H2/t16-,18?/m1/s1. The van der Waals surface area contributed by atoms with Crippen molar-refractivity contribution in [3.63, 3.8) is 0 Å². The quantitative estimate of drug-likeness (QED) is 0.882.